The van der Waals surface area contributed by atoms with Crippen LogP contribution in [-0.2, 0) is 23.8 Å². The quantitative estimate of drug-likeness (QED) is 0.0798. The Morgan fingerprint density at radius 2 is 1.22 bits per heavy atom. The molecule has 15 nitrogen and oxygen atoms in total. The largest absolute Gasteiger partial charge is 0.508 e. The van der Waals surface area contributed by atoms with Gasteiger partial charge < -0.3 is 59.1 Å². The van der Waals surface area contributed by atoms with Gasteiger partial charge in [0.05, 0.1) is 6.61 Å². The molecule has 6 rings (SSSR count). The van der Waals surface area contributed by atoms with Crippen LogP contribution in [0.5, 0.6) is 34.5 Å². The van der Waals surface area contributed by atoms with Crippen molar-refractivity contribution >= 4 is 35.1 Å². The Balaban J connectivity index is 1.37. The van der Waals surface area contributed by atoms with E-state index in [1.54, 1.807) is 0 Å². The molecule has 0 amide bonds. The molecule has 278 valence electrons. The second kappa shape index (κ2) is 15.8. The number of hydrogen-bond donors (Lipinski definition) is 7. The van der Waals surface area contributed by atoms with Crippen molar-refractivity contribution in [3.05, 3.63) is 118 Å². The zero-order chi connectivity index (χ0) is 38.5. The van der Waals surface area contributed by atoms with Gasteiger partial charge in [0.1, 0.15) is 51.9 Å². The number of carbonyl (C=O) groups excluding carboxylic acids is 2. The third kappa shape index (κ3) is 8.29. The van der Waals surface area contributed by atoms with Gasteiger partial charge in [-0.1, -0.05) is 24.3 Å². The molecule has 0 saturated carbocycles. The molecule has 15 heteroatoms. The maximum Gasteiger partial charge on any atom is 0.331 e. The number of phenols is 5. The predicted molar refractivity (Wildman–Crippen MR) is 189 cm³/mol. The van der Waals surface area contributed by atoms with Crippen molar-refractivity contribution < 1.29 is 68.7 Å². The molecule has 0 radical (unpaired) electrons. The number of carbonyl (C=O) groups is 2. The molecule has 1 aliphatic heterocycles. The summed E-state index contributed by atoms with van der Waals surface area (Å²) >= 11 is 0. The van der Waals surface area contributed by atoms with Gasteiger partial charge in [-0.15, -0.1) is 0 Å². The third-order valence-corrected chi connectivity index (χ3v) is 8.19. The Hall–Kier alpha value is -6.81. The highest BCUT2D eigenvalue weighted by Crippen LogP contribution is 2.38. The minimum Gasteiger partial charge on any atom is -0.508 e. The Kier molecular flexibility index (Phi) is 10.8. The van der Waals surface area contributed by atoms with E-state index in [2.05, 4.69) is 0 Å². The molecule has 0 spiro atoms. The maximum absolute atomic E-state index is 14.0. The zero-order valence-corrected chi connectivity index (χ0v) is 27.9. The zero-order valence-electron chi connectivity index (χ0n) is 27.9. The van der Waals surface area contributed by atoms with E-state index in [0.717, 1.165) is 24.3 Å². The van der Waals surface area contributed by atoms with E-state index in [1.165, 1.54) is 84.9 Å². The van der Waals surface area contributed by atoms with Gasteiger partial charge in [-0.2, -0.15) is 0 Å². The normalized spacial score (nSPS) is 19.9. The molecule has 0 unspecified atom stereocenters. The van der Waals surface area contributed by atoms with Crippen LogP contribution in [0.2, 0.25) is 0 Å². The Bertz CT molecular complexity index is 2260. The summed E-state index contributed by atoms with van der Waals surface area (Å²) < 4.78 is 28.9. The molecule has 1 aliphatic rings. The lowest BCUT2D eigenvalue weighted by Crippen LogP contribution is -2.62. The number of hydrogen-bond acceptors (Lipinski definition) is 15. The molecule has 54 heavy (non-hydrogen) atoms. The fourth-order valence-corrected chi connectivity index (χ4v) is 5.55. The van der Waals surface area contributed by atoms with Gasteiger partial charge in [-0.3, -0.25) is 4.79 Å². The van der Waals surface area contributed by atoms with E-state index in [9.17, 15) is 50.1 Å². The fraction of sp³-hybridized carbons (Fsp3) is 0.154. The number of rotatable bonds is 10. The molecular weight excluding hydrogens is 708 g/mol. The summed E-state index contributed by atoms with van der Waals surface area (Å²) in [6, 6.07) is 18.9. The number of esters is 2. The van der Waals surface area contributed by atoms with E-state index in [1.807, 2.05) is 0 Å². The van der Waals surface area contributed by atoms with Gasteiger partial charge in [-0.05, 0) is 71.8 Å². The maximum atomic E-state index is 14.0. The van der Waals surface area contributed by atoms with Gasteiger partial charge >= 0.3 is 11.9 Å². The number of benzene rings is 4. The summed E-state index contributed by atoms with van der Waals surface area (Å²) in [4.78, 5) is 40.1. The van der Waals surface area contributed by atoms with Crippen molar-refractivity contribution in [1.82, 2.24) is 0 Å². The average Bonchev–Trinajstić information content (AvgIpc) is 3.14. The van der Waals surface area contributed by atoms with Crippen LogP contribution < -0.4 is 10.2 Å². The van der Waals surface area contributed by atoms with Gasteiger partial charge in [0.2, 0.25) is 17.5 Å². The second-order valence-electron chi connectivity index (χ2n) is 12.0. The molecule has 0 bridgehead atoms. The van der Waals surface area contributed by atoms with Gasteiger partial charge in [0.15, 0.2) is 18.0 Å². The first kappa shape index (κ1) is 37.0. The van der Waals surface area contributed by atoms with Crippen LogP contribution in [0, 0.1) is 0 Å². The highest BCUT2D eigenvalue weighted by atomic mass is 16.7. The molecule has 1 saturated heterocycles. The highest BCUT2D eigenvalue weighted by Gasteiger charge is 2.51. The summed E-state index contributed by atoms with van der Waals surface area (Å²) in [6.07, 6.45) is -4.18. The van der Waals surface area contributed by atoms with Crippen LogP contribution in [0.25, 0.3) is 34.4 Å². The van der Waals surface area contributed by atoms with Crippen LogP contribution in [0.4, 0.5) is 0 Å². The molecule has 1 fully saturated rings. The Labute approximate surface area is 305 Å². The van der Waals surface area contributed by atoms with Gasteiger partial charge in [-0.25, -0.2) is 9.59 Å². The minimum atomic E-state index is -1.95. The summed E-state index contributed by atoms with van der Waals surface area (Å²) in [7, 11) is 0. The SMILES string of the molecule is O=C(C=Cc1ccc(O)cc1)O[C@@H]1[C@H](Oc2c(-c3ccc(O)cc3)oc3cc(O)cc(O)c3c2=O)O[C@@H](CO)[C@@H](OC(=O)C=Cc2ccc(O)cc2)[C@@H]1O. The van der Waals surface area contributed by atoms with E-state index in [4.69, 9.17) is 23.4 Å². The van der Waals surface area contributed by atoms with E-state index in [-0.39, 0.29) is 34.2 Å². The number of ether oxygens (including phenoxy) is 4. The lowest BCUT2D eigenvalue weighted by atomic mass is 9.98. The number of phenolic OH excluding ortho intramolecular Hbond substituents is 5. The van der Waals surface area contributed by atoms with Crippen LogP contribution in [-0.4, -0.2) is 85.0 Å². The molecule has 1 aromatic heterocycles. The molecule has 5 atom stereocenters. The van der Waals surface area contributed by atoms with Crippen molar-refractivity contribution in [1.29, 1.82) is 0 Å². The summed E-state index contributed by atoms with van der Waals surface area (Å²) in [5, 5.41) is 71.1. The van der Waals surface area contributed by atoms with Crippen LogP contribution in [0.3, 0.4) is 0 Å². The molecule has 4 aromatic carbocycles. The monoisotopic (exact) mass is 740 g/mol. The van der Waals surface area contributed by atoms with Crippen LogP contribution >= 0.6 is 0 Å². The number of aliphatic hydroxyl groups is 2. The first-order valence-corrected chi connectivity index (χ1v) is 16.2. The summed E-state index contributed by atoms with van der Waals surface area (Å²) in [5.41, 5.74) is -0.0633. The number of aromatic hydroxyl groups is 5. The summed E-state index contributed by atoms with van der Waals surface area (Å²) in [5.74, 6) is -4.20. The minimum absolute atomic E-state index is 0.00556. The van der Waals surface area contributed by atoms with Crippen molar-refractivity contribution in [3.63, 3.8) is 0 Å². The topological polar surface area (TPSA) is 243 Å². The van der Waals surface area contributed by atoms with E-state index in [0.29, 0.717) is 11.1 Å². The first-order chi connectivity index (χ1) is 25.9. The number of fused-ring (bicyclic) bond motifs is 1. The Morgan fingerprint density at radius 3 is 1.76 bits per heavy atom. The number of aliphatic hydroxyl groups excluding tert-OH is 2. The van der Waals surface area contributed by atoms with Crippen molar-refractivity contribution in [2.75, 3.05) is 6.61 Å². The van der Waals surface area contributed by atoms with Crippen LogP contribution in [0.1, 0.15) is 11.1 Å². The van der Waals surface area contributed by atoms with Gasteiger partial charge in [0, 0.05) is 29.8 Å². The molecular formula is C39H32O15. The first-order valence-electron chi connectivity index (χ1n) is 16.2. The fourth-order valence-electron chi connectivity index (χ4n) is 5.55. The van der Waals surface area contributed by atoms with Gasteiger partial charge in [0.25, 0.3) is 0 Å². The lowest BCUT2D eigenvalue weighted by molar-refractivity contribution is -0.284. The lowest BCUT2D eigenvalue weighted by Gasteiger charge is -2.42. The Morgan fingerprint density at radius 1 is 0.704 bits per heavy atom. The molecule has 0 aliphatic carbocycles. The smallest absolute Gasteiger partial charge is 0.331 e. The van der Waals surface area contributed by atoms with E-state index >= 15 is 0 Å². The van der Waals surface area contributed by atoms with Crippen molar-refractivity contribution in [3.8, 4) is 45.8 Å². The highest BCUT2D eigenvalue weighted by molar-refractivity contribution is 5.89. The predicted octanol–water partition coefficient (Wildman–Crippen LogP) is 3.70. The van der Waals surface area contributed by atoms with E-state index < -0.39 is 77.3 Å². The van der Waals surface area contributed by atoms with Crippen molar-refractivity contribution in [2.45, 2.75) is 30.7 Å². The second-order valence-corrected chi connectivity index (χ2v) is 12.0. The van der Waals surface area contributed by atoms with Crippen LogP contribution in [0.15, 0.2) is 106 Å². The standard InChI is InChI=1S/C39H32O15/c40-19-29-36(52-30(46)15-5-20-1-9-23(41)10-2-20)34(49)38(53-31(47)16-6-21-3-11-24(42)12-4-21)39(51-29)54-37-33(48)32-27(45)17-26(44)18-28(32)50-35(37)22-7-13-25(43)14-8-22/h1-18,29,34,36,38-45,49H,19H2/t29-,34-,36+,38-,39-/m0/s1. The average molecular weight is 741 g/mol. The molecule has 2 heterocycles. The third-order valence-electron chi connectivity index (χ3n) is 8.19. The van der Waals surface area contributed by atoms with Crippen molar-refractivity contribution in [2.24, 2.45) is 0 Å². The molecule has 7 N–H and O–H groups in total. The summed E-state index contributed by atoms with van der Waals surface area (Å²) in [6.45, 7) is -0.866. The molecule has 5 aromatic rings.